The summed E-state index contributed by atoms with van der Waals surface area (Å²) in [6, 6.07) is 0. The zero-order chi connectivity index (χ0) is 11.4. The lowest BCUT2D eigenvalue weighted by molar-refractivity contribution is 0.792. The van der Waals surface area contributed by atoms with Crippen LogP contribution in [0.25, 0.3) is 0 Å². The second-order valence-electron chi connectivity index (χ2n) is 3.73. The van der Waals surface area contributed by atoms with Crippen LogP contribution in [0.4, 0.5) is 5.13 Å². The number of hydrogen-bond donors (Lipinski definition) is 1. The topological polar surface area (TPSA) is 55.0 Å². The van der Waals surface area contributed by atoms with Gasteiger partial charge in [0.25, 0.3) is 0 Å². The van der Waals surface area contributed by atoms with E-state index in [0.717, 1.165) is 17.5 Å². The highest BCUT2D eigenvalue weighted by atomic mass is 32.1. The second-order valence-corrected chi connectivity index (χ2v) is 4.98. The summed E-state index contributed by atoms with van der Waals surface area (Å²) in [4.78, 5) is 7.00. The van der Waals surface area contributed by atoms with E-state index in [1.807, 2.05) is 11.9 Å². The van der Waals surface area contributed by atoms with Gasteiger partial charge in [-0.05, 0) is 0 Å². The molecule has 0 saturated carbocycles. The summed E-state index contributed by atoms with van der Waals surface area (Å²) in [5.41, 5.74) is 5.44. The van der Waals surface area contributed by atoms with Crippen LogP contribution in [0.2, 0.25) is 0 Å². The van der Waals surface area contributed by atoms with E-state index in [2.05, 4.69) is 23.2 Å². The van der Waals surface area contributed by atoms with Crippen LogP contribution in [0.3, 0.4) is 0 Å². The fraction of sp³-hybridized carbons (Fsp3) is 0.667. The van der Waals surface area contributed by atoms with Crippen molar-refractivity contribution in [1.82, 2.24) is 9.36 Å². The Morgan fingerprint density at radius 2 is 2.27 bits per heavy atom. The minimum atomic E-state index is 0.374. The standard InChI is InChI=1S/C9H16N4S2/c1-6(2)8-11-9(15-12-8)13(3)5-4-7(10)14/h6H,4-5H2,1-3H3,(H2,10,14). The third-order valence-corrected chi connectivity index (χ3v) is 3.02. The van der Waals surface area contributed by atoms with Gasteiger partial charge in [0.05, 0.1) is 4.99 Å². The summed E-state index contributed by atoms with van der Waals surface area (Å²) in [7, 11) is 1.98. The van der Waals surface area contributed by atoms with E-state index in [0.29, 0.717) is 17.3 Å². The van der Waals surface area contributed by atoms with Crippen LogP contribution >= 0.6 is 23.8 Å². The number of hydrogen-bond acceptors (Lipinski definition) is 5. The van der Waals surface area contributed by atoms with Crippen molar-refractivity contribution in [3.63, 3.8) is 0 Å². The average Bonchev–Trinajstić information content (AvgIpc) is 2.62. The van der Waals surface area contributed by atoms with Crippen molar-refractivity contribution < 1.29 is 0 Å². The van der Waals surface area contributed by atoms with Gasteiger partial charge in [-0.25, -0.2) is 4.98 Å². The van der Waals surface area contributed by atoms with Gasteiger partial charge in [0.15, 0.2) is 0 Å². The monoisotopic (exact) mass is 244 g/mol. The van der Waals surface area contributed by atoms with Gasteiger partial charge >= 0.3 is 0 Å². The smallest absolute Gasteiger partial charge is 0.204 e. The SMILES string of the molecule is CC(C)c1nsc(N(C)CCC(N)=S)n1. The van der Waals surface area contributed by atoms with E-state index in [1.165, 1.54) is 11.5 Å². The fourth-order valence-corrected chi connectivity index (χ4v) is 1.87. The maximum Gasteiger partial charge on any atom is 0.204 e. The largest absolute Gasteiger partial charge is 0.393 e. The number of rotatable bonds is 5. The summed E-state index contributed by atoms with van der Waals surface area (Å²) in [5, 5.41) is 0.926. The lowest BCUT2D eigenvalue weighted by Gasteiger charge is -2.13. The first-order valence-corrected chi connectivity index (χ1v) is 6.02. The molecule has 15 heavy (non-hydrogen) atoms. The van der Waals surface area contributed by atoms with E-state index in [4.69, 9.17) is 18.0 Å². The number of thiocarbonyl (C=S) groups is 1. The molecule has 84 valence electrons. The molecule has 1 aromatic rings. The van der Waals surface area contributed by atoms with Crippen LogP contribution < -0.4 is 10.6 Å². The predicted octanol–water partition coefficient (Wildman–Crippen LogP) is 1.77. The Morgan fingerprint density at radius 1 is 1.60 bits per heavy atom. The molecule has 2 N–H and O–H groups in total. The lowest BCUT2D eigenvalue weighted by Crippen LogP contribution is -2.23. The van der Waals surface area contributed by atoms with Crippen LogP contribution in [-0.2, 0) is 0 Å². The molecule has 0 aliphatic carbocycles. The normalized spacial score (nSPS) is 10.7. The first-order chi connectivity index (χ1) is 7.00. The minimum absolute atomic E-state index is 0.374. The summed E-state index contributed by atoms with van der Waals surface area (Å²) in [6.07, 6.45) is 0.711. The van der Waals surface area contributed by atoms with Crippen molar-refractivity contribution >= 4 is 33.9 Å². The van der Waals surface area contributed by atoms with E-state index >= 15 is 0 Å². The van der Waals surface area contributed by atoms with Crippen LogP contribution in [0, 0.1) is 0 Å². The van der Waals surface area contributed by atoms with Gasteiger partial charge in [0.1, 0.15) is 5.82 Å². The number of anilines is 1. The zero-order valence-corrected chi connectivity index (χ0v) is 10.9. The quantitative estimate of drug-likeness (QED) is 0.800. The van der Waals surface area contributed by atoms with Gasteiger partial charge < -0.3 is 10.6 Å². The van der Waals surface area contributed by atoms with Crippen molar-refractivity contribution in [3.8, 4) is 0 Å². The number of nitrogens with two attached hydrogens (primary N) is 1. The molecule has 0 aromatic carbocycles. The first-order valence-electron chi connectivity index (χ1n) is 4.83. The molecule has 0 fully saturated rings. The van der Waals surface area contributed by atoms with Crippen molar-refractivity contribution in [1.29, 1.82) is 0 Å². The van der Waals surface area contributed by atoms with Gasteiger partial charge in [-0.2, -0.15) is 4.37 Å². The molecular weight excluding hydrogens is 228 g/mol. The van der Waals surface area contributed by atoms with Gasteiger partial charge in [0.2, 0.25) is 5.13 Å². The summed E-state index contributed by atoms with van der Waals surface area (Å²) in [6.45, 7) is 4.96. The van der Waals surface area contributed by atoms with Gasteiger partial charge in [-0.1, -0.05) is 26.1 Å². The molecule has 0 saturated heterocycles. The molecule has 0 unspecified atom stereocenters. The molecule has 4 nitrogen and oxygen atoms in total. The Hall–Kier alpha value is -0.750. The molecule has 0 bridgehead atoms. The molecule has 0 amide bonds. The summed E-state index contributed by atoms with van der Waals surface area (Å²) in [5.74, 6) is 1.27. The Bertz CT molecular complexity index is 335. The fourth-order valence-electron chi connectivity index (χ4n) is 0.990. The minimum Gasteiger partial charge on any atom is -0.393 e. The van der Waals surface area contributed by atoms with Crippen LogP contribution in [0.1, 0.15) is 32.0 Å². The van der Waals surface area contributed by atoms with Crippen molar-refractivity contribution in [2.24, 2.45) is 5.73 Å². The highest BCUT2D eigenvalue weighted by molar-refractivity contribution is 7.80. The zero-order valence-electron chi connectivity index (χ0n) is 9.23. The molecule has 6 heteroatoms. The van der Waals surface area contributed by atoms with Crippen molar-refractivity contribution in [3.05, 3.63) is 5.82 Å². The molecule has 0 aliphatic heterocycles. The number of nitrogens with zero attached hydrogens (tertiary/aromatic N) is 3. The van der Waals surface area contributed by atoms with Gasteiger partial charge in [0, 0.05) is 37.5 Å². The molecule has 0 radical (unpaired) electrons. The third-order valence-electron chi connectivity index (χ3n) is 1.97. The molecule has 0 aliphatic rings. The maximum atomic E-state index is 5.44. The Kier molecular flexibility index (Phi) is 4.41. The van der Waals surface area contributed by atoms with Crippen LogP contribution in [0.15, 0.2) is 0 Å². The van der Waals surface area contributed by atoms with E-state index in [9.17, 15) is 0 Å². The van der Waals surface area contributed by atoms with Gasteiger partial charge in [-0.15, -0.1) is 0 Å². The Labute approximate surface area is 99.7 Å². The predicted molar refractivity (Wildman–Crippen MR) is 68.7 cm³/mol. The van der Waals surface area contributed by atoms with Crippen molar-refractivity contribution in [2.45, 2.75) is 26.2 Å². The molecule has 1 rings (SSSR count). The average molecular weight is 244 g/mol. The second kappa shape index (κ2) is 5.37. The molecule has 1 heterocycles. The third kappa shape index (κ3) is 3.71. The Morgan fingerprint density at radius 3 is 2.73 bits per heavy atom. The van der Waals surface area contributed by atoms with Crippen LogP contribution in [-0.4, -0.2) is 27.9 Å². The van der Waals surface area contributed by atoms with E-state index in [1.54, 1.807) is 0 Å². The summed E-state index contributed by atoms with van der Waals surface area (Å²) >= 11 is 6.25. The van der Waals surface area contributed by atoms with E-state index < -0.39 is 0 Å². The Balaban J connectivity index is 2.57. The molecular formula is C9H16N4S2. The van der Waals surface area contributed by atoms with Crippen molar-refractivity contribution in [2.75, 3.05) is 18.5 Å². The van der Waals surface area contributed by atoms with Gasteiger partial charge in [-0.3, -0.25) is 0 Å². The summed E-state index contributed by atoms with van der Waals surface area (Å²) < 4.78 is 4.29. The molecule has 0 spiro atoms. The lowest BCUT2D eigenvalue weighted by atomic mass is 10.2. The van der Waals surface area contributed by atoms with E-state index in [-0.39, 0.29) is 0 Å². The first kappa shape index (κ1) is 12.3. The molecule has 0 atom stereocenters. The maximum absolute atomic E-state index is 5.44. The molecule has 1 aromatic heterocycles. The number of aromatic nitrogens is 2. The van der Waals surface area contributed by atoms with Crippen LogP contribution in [0.5, 0.6) is 0 Å². The highest BCUT2D eigenvalue weighted by Crippen LogP contribution is 2.20. The highest BCUT2D eigenvalue weighted by Gasteiger charge is 2.10.